The minimum absolute atomic E-state index is 0.465. The number of nitrogens with zero attached hydrogens (tertiary/aromatic N) is 3. The summed E-state index contributed by atoms with van der Waals surface area (Å²) in [7, 11) is 1.93. The second-order valence-electron chi connectivity index (χ2n) is 5.95. The molecular weight excluding hydrogens is 286 g/mol. The highest BCUT2D eigenvalue weighted by Gasteiger charge is 2.02. The summed E-state index contributed by atoms with van der Waals surface area (Å²) in [5.74, 6) is 1.05. The van der Waals surface area contributed by atoms with E-state index in [0.717, 1.165) is 24.9 Å². The number of guanidine groups is 1. The van der Waals surface area contributed by atoms with Gasteiger partial charge in [-0.05, 0) is 48.4 Å². The van der Waals surface area contributed by atoms with Crippen molar-refractivity contribution in [1.29, 1.82) is 0 Å². The zero-order valence-electron chi connectivity index (χ0n) is 14.3. The van der Waals surface area contributed by atoms with Gasteiger partial charge in [0.1, 0.15) is 0 Å². The molecule has 1 heterocycles. The third-order valence-corrected chi connectivity index (χ3v) is 4.03. The zero-order chi connectivity index (χ0) is 16.7. The summed E-state index contributed by atoms with van der Waals surface area (Å²) in [5.41, 5.74) is 9.50. The van der Waals surface area contributed by atoms with E-state index >= 15 is 0 Å². The van der Waals surface area contributed by atoms with Crippen molar-refractivity contribution in [1.82, 2.24) is 9.78 Å². The van der Waals surface area contributed by atoms with Crippen LogP contribution in [-0.4, -0.2) is 22.3 Å². The average Bonchev–Trinajstić information content (AvgIpc) is 2.97. The highest BCUT2D eigenvalue weighted by Crippen LogP contribution is 2.20. The van der Waals surface area contributed by atoms with E-state index in [0.29, 0.717) is 18.4 Å². The molecule has 5 nitrogen and oxygen atoms in total. The molecule has 0 bridgehead atoms. The van der Waals surface area contributed by atoms with Crippen molar-refractivity contribution in [2.75, 3.05) is 11.9 Å². The minimum atomic E-state index is 0.465. The molecule has 2 rings (SSSR count). The number of nitrogens with one attached hydrogen (secondary N) is 1. The first kappa shape index (κ1) is 17.1. The van der Waals surface area contributed by atoms with Gasteiger partial charge in [0.05, 0.1) is 6.20 Å². The molecule has 1 aromatic carbocycles. The van der Waals surface area contributed by atoms with E-state index in [1.807, 2.05) is 24.1 Å². The highest BCUT2D eigenvalue weighted by atomic mass is 15.2. The molecule has 0 amide bonds. The Balaban J connectivity index is 1.77. The van der Waals surface area contributed by atoms with Crippen molar-refractivity contribution in [3.8, 4) is 0 Å². The fourth-order valence-electron chi connectivity index (χ4n) is 2.40. The molecule has 0 fully saturated rings. The van der Waals surface area contributed by atoms with Crippen LogP contribution in [0.25, 0.3) is 0 Å². The van der Waals surface area contributed by atoms with Crippen LogP contribution >= 0.6 is 0 Å². The Morgan fingerprint density at radius 2 is 2.09 bits per heavy atom. The summed E-state index contributed by atoms with van der Waals surface area (Å²) in [4.78, 5) is 4.37. The van der Waals surface area contributed by atoms with Crippen LogP contribution in [0.4, 0.5) is 5.69 Å². The third kappa shape index (κ3) is 5.43. The first-order chi connectivity index (χ1) is 11.1. The van der Waals surface area contributed by atoms with Crippen molar-refractivity contribution in [3.63, 3.8) is 0 Å². The lowest BCUT2D eigenvalue weighted by molar-refractivity contribution is 0.734. The van der Waals surface area contributed by atoms with Crippen LogP contribution < -0.4 is 11.1 Å². The maximum Gasteiger partial charge on any atom is 0.193 e. The number of aryl methyl sites for hydroxylation is 2. The van der Waals surface area contributed by atoms with Crippen LogP contribution in [0.2, 0.25) is 0 Å². The largest absolute Gasteiger partial charge is 0.370 e. The molecule has 2 aromatic rings. The summed E-state index contributed by atoms with van der Waals surface area (Å²) in [6.45, 7) is 5.15. The van der Waals surface area contributed by atoms with Crippen molar-refractivity contribution in [3.05, 3.63) is 47.8 Å². The monoisotopic (exact) mass is 313 g/mol. The van der Waals surface area contributed by atoms with Gasteiger partial charge in [0.15, 0.2) is 5.96 Å². The summed E-state index contributed by atoms with van der Waals surface area (Å²) in [5, 5.41) is 7.30. The fourth-order valence-corrected chi connectivity index (χ4v) is 2.40. The lowest BCUT2D eigenvalue weighted by Gasteiger charge is -2.10. The summed E-state index contributed by atoms with van der Waals surface area (Å²) in [6, 6.07) is 8.40. The number of aromatic nitrogens is 2. The van der Waals surface area contributed by atoms with Gasteiger partial charge in [-0.15, -0.1) is 0 Å². The van der Waals surface area contributed by atoms with Gasteiger partial charge in [-0.3, -0.25) is 9.67 Å². The van der Waals surface area contributed by atoms with Crippen LogP contribution in [0, 0.1) is 0 Å². The highest BCUT2D eigenvalue weighted by molar-refractivity contribution is 5.92. The van der Waals surface area contributed by atoms with E-state index in [2.05, 4.69) is 53.5 Å². The molecule has 0 aliphatic rings. The Kier molecular flexibility index (Phi) is 6.20. The first-order valence-electron chi connectivity index (χ1n) is 8.23. The number of benzene rings is 1. The Morgan fingerprint density at radius 1 is 1.35 bits per heavy atom. The van der Waals surface area contributed by atoms with Crippen LogP contribution in [0.1, 0.15) is 43.7 Å². The molecular formula is C18H27N5. The second kappa shape index (κ2) is 8.36. The van der Waals surface area contributed by atoms with Crippen molar-refractivity contribution in [2.24, 2.45) is 17.8 Å². The van der Waals surface area contributed by atoms with Gasteiger partial charge in [0, 0.05) is 25.5 Å². The molecule has 0 radical (unpaired) electrons. The van der Waals surface area contributed by atoms with Crippen molar-refractivity contribution >= 4 is 11.6 Å². The Hall–Kier alpha value is -2.30. The Morgan fingerprint density at radius 3 is 2.70 bits per heavy atom. The molecule has 0 saturated carbocycles. The van der Waals surface area contributed by atoms with E-state index in [1.165, 1.54) is 11.1 Å². The molecule has 0 spiro atoms. The standard InChI is InChI=1S/C18H27N5/c1-4-14(2)16-7-9-17(10-8-16)22-18(19)20-11-5-6-15-12-21-23(3)13-15/h7-10,12-14H,4-6,11H2,1-3H3,(H3,19,20,22)/t14-/m1/s1. The summed E-state index contributed by atoms with van der Waals surface area (Å²) in [6.07, 6.45) is 7.00. The van der Waals surface area contributed by atoms with E-state index in [-0.39, 0.29) is 0 Å². The van der Waals surface area contributed by atoms with Crippen LogP contribution in [0.5, 0.6) is 0 Å². The van der Waals surface area contributed by atoms with Gasteiger partial charge in [-0.25, -0.2) is 0 Å². The third-order valence-electron chi connectivity index (χ3n) is 4.03. The summed E-state index contributed by atoms with van der Waals surface area (Å²) < 4.78 is 1.82. The number of hydrogen-bond donors (Lipinski definition) is 2. The number of aliphatic imine (C=N–C) groups is 1. The Bertz CT molecular complexity index is 627. The van der Waals surface area contributed by atoms with Gasteiger partial charge in [-0.1, -0.05) is 26.0 Å². The van der Waals surface area contributed by atoms with Crippen LogP contribution in [0.15, 0.2) is 41.7 Å². The molecule has 124 valence electrons. The normalized spacial score (nSPS) is 13.1. The average molecular weight is 313 g/mol. The maximum absolute atomic E-state index is 5.94. The van der Waals surface area contributed by atoms with E-state index in [1.54, 1.807) is 0 Å². The molecule has 3 N–H and O–H groups in total. The van der Waals surface area contributed by atoms with Gasteiger partial charge in [0.2, 0.25) is 0 Å². The molecule has 0 aliphatic heterocycles. The second-order valence-corrected chi connectivity index (χ2v) is 5.95. The number of nitrogens with two attached hydrogens (primary N) is 1. The van der Waals surface area contributed by atoms with Crippen molar-refractivity contribution < 1.29 is 0 Å². The molecule has 0 unspecified atom stereocenters. The minimum Gasteiger partial charge on any atom is -0.370 e. The zero-order valence-corrected chi connectivity index (χ0v) is 14.3. The molecule has 0 aliphatic carbocycles. The van der Waals surface area contributed by atoms with Gasteiger partial charge in [-0.2, -0.15) is 5.10 Å². The van der Waals surface area contributed by atoms with Gasteiger partial charge < -0.3 is 11.1 Å². The lowest BCUT2D eigenvalue weighted by atomic mass is 9.99. The summed E-state index contributed by atoms with van der Waals surface area (Å²) >= 11 is 0. The van der Waals surface area contributed by atoms with E-state index in [9.17, 15) is 0 Å². The van der Waals surface area contributed by atoms with Crippen LogP contribution in [0.3, 0.4) is 0 Å². The first-order valence-corrected chi connectivity index (χ1v) is 8.23. The number of rotatable bonds is 7. The molecule has 23 heavy (non-hydrogen) atoms. The maximum atomic E-state index is 5.94. The molecule has 0 saturated heterocycles. The number of hydrogen-bond acceptors (Lipinski definition) is 2. The number of anilines is 1. The fraction of sp³-hybridized carbons (Fsp3) is 0.444. The SMILES string of the molecule is CC[C@@H](C)c1ccc(NC(N)=NCCCc2cnn(C)c2)cc1. The van der Waals surface area contributed by atoms with E-state index in [4.69, 9.17) is 5.73 Å². The molecule has 5 heteroatoms. The Labute approximate surface area is 138 Å². The van der Waals surface area contributed by atoms with Gasteiger partial charge in [0.25, 0.3) is 0 Å². The van der Waals surface area contributed by atoms with Crippen molar-refractivity contribution in [2.45, 2.75) is 39.0 Å². The predicted octanol–water partition coefficient (Wildman–Crippen LogP) is 3.29. The van der Waals surface area contributed by atoms with Gasteiger partial charge >= 0.3 is 0 Å². The predicted molar refractivity (Wildman–Crippen MR) is 96.8 cm³/mol. The smallest absolute Gasteiger partial charge is 0.193 e. The van der Waals surface area contributed by atoms with E-state index < -0.39 is 0 Å². The van der Waals surface area contributed by atoms with Crippen LogP contribution in [-0.2, 0) is 13.5 Å². The topological polar surface area (TPSA) is 68.2 Å². The lowest BCUT2D eigenvalue weighted by Crippen LogP contribution is -2.22. The quantitative estimate of drug-likeness (QED) is 0.468. The molecule has 1 aromatic heterocycles. The molecule has 1 atom stereocenters.